The van der Waals surface area contributed by atoms with Crippen molar-refractivity contribution in [1.29, 1.82) is 0 Å². The van der Waals surface area contributed by atoms with Gasteiger partial charge in [-0.1, -0.05) is 29.8 Å². The molecule has 0 spiro atoms. The van der Waals surface area contributed by atoms with Gasteiger partial charge in [-0.25, -0.2) is 4.98 Å². The first-order valence-corrected chi connectivity index (χ1v) is 6.85. The zero-order valence-electron chi connectivity index (χ0n) is 11.2. The van der Waals surface area contributed by atoms with Crippen LogP contribution in [0.5, 0.6) is 0 Å². The Morgan fingerprint density at radius 2 is 2.00 bits per heavy atom. The van der Waals surface area contributed by atoms with Crippen molar-refractivity contribution >= 4 is 22.5 Å². The Labute approximate surface area is 122 Å². The van der Waals surface area contributed by atoms with Gasteiger partial charge in [-0.2, -0.15) is 0 Å². The van der Waals surface area contributed by atoms with Crippen molar-refractivity contribution in [2.75, 3.05) is 7.05 Å². The second-order valence-corrected chi connectivity index (χ2v) is 5.24. The van der Waals surface area contributed by atoms with Crippen LogP contribution in [0.15, 0.2) is 53.1 Å². The lowest BCUT2D eigenvalue weighted by molar-refractivity contribution is 0.288. The summed E-state index contributed by atoms with van der Waals surface area (Å²) in [6, 6.07) is 14.0. The molecule has 2 heterocycles. The van der Waals surface area contributed by atoms with E-state index in [0.29, 0.717) is 5.15 Å². The summed E-state index contributed by atoms with van der Waals surface area (Å²) in [7, 11) is 2.04. The molecule has 0 radical (unpaired) electrons. The van der Waals surface area contributed by atoms with Gasteiger partial charge in [0.1, 0.15) is 10.9 Å². The van der Waals surface area contributed by atoms with E-state index in [1.807, 2.05) is 37.4 Å². The van der Waals surface area contributed by atoms with Crippen LogP contribution in [-0.4, -0.2) is 16.9 Å². The Hall–Kier alpha value is -1.84. The minimum absolute atomic E-state index is 0.565. The molecular weight excluding hydrogens is 272 g/mol. The van der Waals surface area contributed by atoms with Crippen molar-refractivity contribution in [3.63, 3.8) is 0 Å². The van der Waals surface area contributed by atoms with E-state index in [1.54, 1.807) is 6.26 Å². The Bertz CT molecular complexity index is 710. The first kappa shape index (κ1) is 13.2. The molecule has 1 aromatic carbocycles. The van der Waals surface area contributed by atoms with Gasteiger partial charge >= 0.3 is 0 Å². The number of hydrogen-bond donors (Lipinski definition) is 0. The van der Waals surface area contributed by atoms with Gasteiger partial charge in [-0.3, -0.25) is 4.90 Å². The molecule has 0 atom stereocenters. The molecule has 0 aliphatic rings. The van der Waals surface area contributed by atoms with E-state index in [0.717, 1.165) is 35.3 Å². The molecule has 102 valence electrons. The fraction of sp³-hybridized carbons (Fsp3) is 0.188. The third-order valence-electron chi connectivity index (χ3n) is 3.20. The molecule has 0 aliphatic carbocycles. The third-order valence-corrected chi connectivity index (χ3v) is 3.52. The van der Waals surface area contributed by atoms with Crippen LogP contribution in [0.1, 0.15) is 11.3 Å². The van der Waals surface area contributed by atoms with Gasteiger partial charge in [0.15, 0.2) is 0 Å². The smallest absolute Gasteiger partial charge is 0.134 e. The van der Waals surface area contributed by atoms with Gasteiger partial charge < -0.3 is 4.42 Å². The highest BCUT2D eigenvalue weighted by atomic mass is 35.5. The molecule has 0 unspecified atom stereocenters. The highest BCUT2D eigenvalue weighted by Gasteiger charge is 2.09. The number of aromatic nitrogens is 1. The Kier molecular flexibility index (Phi) is 3.72. The predicted octanol–water partition coefficient (Wildman–Crippen LogP) is 4.11. The van der Waals surface area contributed by atoms with Crippen LogP contribution in [0, 0.1) is 0 Å². The minimum atomic E-state index is 0.565. The molecule has 3 aromatic rings. The van der Waals surface area contributed by atoms with Crippen molar-refractivity contribution in [2.24, 2.45) is 0 Å². The molecule has 0 saturated heterocycles. The fourth-order valence-corrected chi connectivity index (χ4v) is 2.47. The Morgan fingerprint density at radius 3 is 2.80 bits per heavy atom. The lowest BCUT2D eigenvalue weighted by Crippen LogP contribution is -2.17. The van der Waals surface area contributed by atoms with Crippen molar-refractivity contribution in [1.82, 2.24) is 9.88 Å². The maximum absolute atomic E-state index is 6.27. The molecule has 0 bridgehead atoms. The third kappa shape index (κ3) is 2.84. The maximum atomic E-state index is 6.27. The molecule has 20 heavy (non-hydrogen) atoms. The van der Waals surface area contributed by atoms with E-state index in [2.05, 4.69) is 22.0 Å². The van der Waals surface area contributed by atoms with Crippen molar-refractivity contribution in [3.05, 3.63) is 65.2 Å². The normalized spacial score (nSPS) is 11.3. The van der Waals surface area contributed by atoms with E-state index in [1.165, 1.54) is 0 Å². The minimum Gasteiger partial charge on any atom is -0.468 e. The number of benzene rings is 1. The van der Waals surface area contributed by atoms with Crippen LogP contribution in [-0.2, 0) is 13.1 Å². The second kappa shape index (κ2) is 5.65. The number of furan rings is 1. The van der Waals surface area contributed by atoms with E-state index in [-0.39, 0.29) is 0 Å². The zero-order chi connectivity index (χ0) is 13.9. The average Bonchev–Trinajstić information content (AvgIpc) is 2.92. The molecule has 3 nitrogen and oxygen atoms in total. The summed E-state index contributed by atoms with van der Waals surface area (Å²) in [4.78, 5) is 6.59. The van der Waals surface area contributed by atoms with Crippen LogP contribution >= 0.6 is 11.6 Å². The molecule has 4 heteroatoms. The average molecular weight is 287 g/mol. The van der Waals surface area contributed by atoms with Crippen molar-refractivity contribution in [2.45, 2.75) is 13.1 Å². The van der Waals surface area contributed by atoms with Crippen LogP contribution in [0.25, 0.3) is 10.9 Å². The van der Waals surface area contributed by atoms with Gasteiger partial charge in [0.2, 0.25) is 0 Å². The second-order valence-electron chi connectivity index (χ2n) is 4.88. The number of hydrogen-bond acceptors (Lipinski definition) is 3. The van der Waals surface area contributed by atoms with Crippen LogP contribution in [0.3, 0.4) is 0 Å². The highest BCUT2D eigenvalue weighted by Crippen LogP contribution is 2.22. The number of halogens is 1. The molecule has 0 amide bonds. The number of fused-ring (bicyclic) bond motifs is 1. The summed E-state index contributed by atoms with van der Waals surface area (Å²) in [6.45, 7) is 1.48. The van der Waals surface area contributed by atoms with Crippen molar-refractivity contribution < 1.29 is 4.42 Å². The summed E-state index contributed by atoms with van der Waals surface area (Å²) in [6.07, 6.45) is 1.69. The number of rotatable bonds is 4. The highest BCUT2D eigenvalue weighted by molar-refractivity contribution is 6.30. The molecule has 3 rings (SSSR count). The van der Waals surface area contributed by atoms with Gasteiger partial charge in [-0.15, -0.1) is 0 Å². The number of pyridine rings is 1. The largest absolute Gasteiger partial charge is 0.468 e. The van der Waals surface area contributed by atoms with E-state index in [9.17, 15) is 0 Å². The van der Waals surface area contributed by atoms with Gasteiger partial charge in [0.05, 0.1) is 18.3 Å². The van der Waals surface area contributed by atoms with E-state index < -0.39 is 0 Å². The fourth-order valence-electron chi connectivity index (χ4n) is 2.26. The van der Waals surface area contributed by atoms with Gasteiger partial charge in [0.25, 0.3) is 0 Å². The molecule has 0 N–H and O–H groups in total. The summed E-state index contributed by atoms with van der Waals surface area (Å²) in [5.74, 6) is 0.942. The zero-order valence-corrected chi connectivity index (χ0v) is 12.0. The summed E-state index contributed by atoms with van der Waals surface area (Å²) >= 11 is 6.27. The van der Waals surface area contributed by atoms with E-state index in [4.69, 9.17) is 16.0 Å². The summed E-state index contributed by atoms with van der Waals surface area (Å²) < 4.78 is 5.35. The van der Waals surface area contributed by atoms with Crippen LogP contribution in [0.4, 0.5) is 0 Å². The Morgan fingerprint density at radius 1 is 1.15 bits per heavy atom. The van der Waals surface area contributed by atoms with E-state index >= 15 is 0 Å². The molecule has 2 aromatic heterocycles. The maximum Gasteiger partial charge on any atom is 0.134 e. The monoisotopic (exact) mass is 286 g/mol. The van der Waals surface area contributed by atoms with Crippen LogP contribution < -0.4 is 0 Å². The lowest BCUT2D eigenvalue weighted by Gasteiger charge is -2.16. The Balaban J connectivity index is 1.81. The molecule has 0 aliphatic heterocycles. The van der Waals surface area contributed by atoms with Gasteiger partial charge in [0, 0.05) is 17.5 Å². The SMILES string of the molecule is CN(Cc1ccco1)Cc1cc2ccccc2nc1Cl. The van der Waals surface area contributed by atoms with Crippen molar-refractivity contribution in [3.8, 4) is 0 Å². The molecule has 0 fully saturated rings. The summed E-state index contributed by atoms with van der Waals surface area (Å²) in [5, 5.41) is 1.67. The van der Waals surface area contributed by atoms with Gasteiger partial charge in [-0.05, 0) is 31.3 Å². The topological polar surface area (TPSA) is 29.3 Å². The first-order chi connectivity index (χ1) is 9.72. The standard InChI is InChI=1S/C16H15ClN2O/c1-19(11-14-6-4-8-20-14)10-13-9-12-5-2-3-7-15(12)18-16(13)17/h2-9H,10-11H2,1H3. The lowest BCUT2D eigenvalue weighted by atomic mass is 10.1. The first-order valence-electron chi connectivity index (χ1n) is 6.47. The number of nitrogens with zero attached hydrogens (tertiary/aromatic N) is 2. The predicted molar refractivity (Wildman–Crippen MR) is 80.6 cm³/mol. The quantitative estimate of drug-likeness (QED) is 0.676. The van der Waals surface area contributed by atoms with Crippen LogP contribution in [0.2, 0.25) is 5.15 Å². The number of para-hydroxylation sites is 1. The molecular formula is C16H15ClN2O. The molecule has 0 saturated carbocycles. The summed E-state index contributed by atoms with van der Waals surface area (Å²) in [5.41, 5.74) is 1.95.